The molecule has 0 spiro atoms. The van der Waals surface area contributed by atoms with Crippen LogP contribution in [0.5, 0.6) is 0 Å². The van der Waals surface area contributed by atoms with Crippen LogP contribution in [0.15, 0.2) is 11.0 Å². The van der Waals surface area contributed by atoms with Gasteiger partial charge in [0.05, 0.1) is 23.0 Å². The first-order valence-electron chi connectivity index (χ1n) is 6.10. The van der Waals surface area contributed by atoms with Crippen molar-refractivity contribution in [3.05, 3.63) is 32.9 Å². The van der Waals surface area contributed by atoms with Crippen LogP contribution in [-0.2, 0) is 19.6 Å². The van der Waals surface area contributed by atoms with E-state index in [9.17, 15) is 18.5 Å². The number of methoxy groups -OCH3 is 1. The van der Waals surface area contributed by atoms with E-state index in [4.69, 9.17) is 9.57 Å². The predicted molar refractivity (Wildman–Crippen MR) is 75.5 cm³/mol. The molecule has 0 bridgehead atoms. The smallest absolute Gasteiger partial charge is 0.276 e. The number of nitro benzene ring substituents is 1. The Labute approximate surface area is 123 Å². The van der Waals surface area contributed by atoms with Crippen molar-refractivity contribution in [2.45, 2.75) is 25.7 Å². The highest BCUT2D eigenvalue weighted by molar-refractivity contribution is 7.89. The Hall–Kier alpha value is -1.55. The molecule has 0 unspecified atom stereocenters. The molecule has 1 aromatic rings. The Morgan fingerprint density at radius 3 is 2.38 bits per heavy atom. The van der Waals surface area contributed by atoms with Gasteiger partial charge in [0.25, 0.3) is 15.7 Å². The van der Waals surface area contributed by atoms with Gasteiger partial charge in [-0.3, -0.25) is 15.0 Å². The molecule has 8 nitrogen and oxygen atoms in total. The first-order valence-corrected chi connectivity index (χ1v) is 7.58. The topological polar surface area (TPSA) is 108 Å². The fourth-order valence-electron chi connectivity index (χ4n) is 2.14. The molecule has 0 amide bonds. The Balaban J connectivity index is 3.23. The number of rotatable bonds is 7. The van der Waals surface area contributed by atoms with Crippen molar-refractivity contribution in [1.29, 1.82) is 0 Å². The molecule has 0 radical (unpaired) electrons. The summed E-state index contributed by atoms with van der Waals surface area (Å²) in [6.07, 6.45) is 0. The van der Waals surface area contributed by atoms with Crippen molar-refractivity contribution < 1.29 is 22.9 Å². The normalized spacial score (nSPS) is 11.6. The molecule has 0 aliphatic heterocycles. The van der Waals surface area contributed by atoms with E-state index in [0.717, 1.165) is 0 Å². The van der Waals surface area contributed by atoms with Gasteiger partial charge in [-0.1, -0.05) is 4.89 Å². The summed E-state index contributed by atoms with van der Waals surface area (Å²) in [6, 6.07) is 1.47. The SMILES string of the molecule is COCCONS(=O)(=O)c1c(C)cc(C)c([N+](=O)[O-])c1C. The van der Waals surface area contributed by atoms with Gasteiger partial charge in [0.2, 0.25) is 0 Å². The Kier molecular flexibility index (Phi) is 5.78. The number of sulfonamides is 1. The second-order valence-corrected chi connectivity index (χ2v) is 6.08. The summed E-state index contributed by atoms with van der Waals surface area (Å²) in [5.74, 6) is 0. The van der Waals surface area contributed by atoms with E-state index in [0.29, 0.717) is 11.1 Å². The summed E-state index contributed by atoms with van der Waals surface area (Å²) in [7, 11) is -2.55. The fraction of sp³-hybridized carbons (Fsp3) is 0.500. The van der Waals surface area contributed by atoms with Gasteiger partial charge in [-0.05, 0) is 32.4 Å². The van der Waals surface area contributed by atoms with E-state index in [1.54, 1.807) is 13.8 Å². The van der Waals surface area contributed by atoms with Crippen LogP contribution in [0, 0.1) is 30.9 Å². The average Bonchev–Trinajstić information content (AvgIpc) is 2.32. The van der Waals surface area contributed by atoms with E-state index >= 15 is 0 Å². The fourth-order valence-corrected chi connectivity index (χ4v) is 3.44. The molecule has 9 heteroatoms. The number of benzene rings is 1. The van der Waals surface area contributed by atoms with E-state index < -0.39 is 14.9 Å². The first-order chi connectivity index (χ1) is 9.72. The maximum Gasteiger partial charge on any atom is 0.276 e. The molecule has 1 N–H and O–H groups in total. The number of aryl methyl sites for hydroxylation is 2. The average molecular weight is 318 g/mol. The lowest BCUT2D eigenvalue weighted by Crippen LogP contribution is -2.27. The molecule has 21 heavy (non-hydrogen) atoms. The molecule has 0 atom stereocenters. The lowest BCUT2D eigenvalue weighted by molar-refractivity contribution is -0.386. The van der Waals surface area contributed by atoms with Crippen LogP contribution in [0.4, 0.5) is 5.69 Å². The van der Waals surface area contributed by atoms with Gasteiger partial charge >= 0.3 is 0 Å². The Morgan fingerprint density at radius 2 is 1.86 bits per heavy atom. The summed E-state index contributed by atoms with van der Waals surface area (Å²) in [4.78, 5) is 17.1. The highest BCUT2D eigenvalue weighted by atomic mass is 32.2. The number of nitrogens with one attached hydrogen (secondary N) is 1. The highest BCUT2D eigenvalue weighted by Gasteiger charge is 2.27. The summed E-state index contributed by atoms with van der Waals surface area (Å²) < 4.78 is 29.2. The second-order valence-electron chi connectivity index (χ2n) is 4.50. The predicted octanol–water partition coefficient (Wildman–Crippen LogP) is 1.38. The molecule has 0 saturated heterocycles. The number of nitrogens with zero attached hydrogens (tertiary/aromatic N) is 1. The molecule has 0 fully saturated rings. The first kappa shape index (κ1) is 17.5. The van der Waals surface area contributed by atoms with Gasteiger partial charge in [-0.15, -0.1) is 0 Å². The molecule has 0 saturated carbocycles. The van der Waals surface area contributed by atoms with Gasteiger partial charge in [0.1, 0.15) is 0 Å². The molecule has 118 valence electrons. The second kappa shape index (κ2) is 6.94. The lowest BCUT2D eigenvalue weighted by Gasteiger charge is -2.13. The molecule has 0 aliphatic carbocycles. The molecule has 0 aromatic heterocycles. The maximum atomic E-state index is 12.2. The molecular weight excluding hydrogens is 300 g/mol. The summed E-state index contributed by atoms with van der Waals surface area (Å²) in [6.45, 7) is 4.79. The number of nitro groups is 1. The van der Waals surface area contributed by atoms with Crippen molar-refractivity contribution in [3.63, 3.8) is 0 Å². The highest BCUT2D eigenvalue weighted by Crippen LogP contribution is 2.31. The lowest BCUT2D eigenvalue weighted by atomic mass is 10.1. The van der Waals surface area contributed by atoms with E-state index in [-0.39, 0.29) is 29.4 Å². The molecule has 0 heterocycles. The minimum Gasteiger partial charge on any atom is -0.382 e. The van der Waals surface area contributed by atoms with Crippen LogP contribution in [0.1, 0.15) is 16.7 Å². The van der Waals surface area contributed by atoms with E-state index in [2.05, 4.69) is 0 Å². The molecule has 1 aromatic carbocycles. The summed E-state index contributed by atoms with van der Waals surface area (Å²) in [5, 5.41) is 11.1. The molecular formula is C12H18N2O6S. The van der Waals surface area contributed by atoms with Crippen LogP contribution in [-0.4, -0.2) is 33.7 Å². The van der Waals surface area contributed by atoms with Crippen molar-refractivity contribution in [1.82, 2.24) is 4.89 Å². The monoisotopic (exact) mass is 318 g/mol. The van der Waals surface area contributed by atoms with Gasteiger partial charge in [0.15, 0.2) is 0 Å². The maximum absolute atomic E-state index is 12.2. The van der Waals surface area contributed by atoms with Crippen molar-refractivity contribution in [2.24, 2.45) is 0 Å². The number of hydrogen-bond donors (Lipinski definition) is 1. The Bertz CT molecular complexity index is 642. The third kappa shape index (κ3) is 3.97. The van der Waals surface area contributed by atoms with Gasteiger partial charge < -0.3 is 4.74 Å². The van der Waals surface area contributed by atoms with Crippen LogP contribution in [0.25, 0.3) is 0 Å². The molecule has 0 aliphatic rings. The quantitative estimate of drug-likeness (QED) is 0.462. The van der Waals surface area contributed by atoms with Crippen molar-refractivity contribution in [2.75, 3.05) is 20.3 Å². The third-order valence-electron chi connectivity index (χ3n) is 2.87. The van der Waals surface area contributed by atoms with E-state index in [1.165, 1.54) is 20.1 Å². The number of hydrogen-bond acceptors (Lipinski definition) is 6. The van der Waals surface area contributed by atoms with E-state index in [1.807, 2.05) is 4.89 Å². The van der Waals surface area contributed by atoms with Crippen LogP contribution < -0.4 is 4.89 Å². The minimum atomic E-state index is -4.01. The number of ether oxygens (including phenoxy) is 1. The van der Waals surface area contributed by atoms with Gasteiger partial charge in [0, 0.05) is 18.2 Å². The zero-order valence-electron chi connectivity index (χ0n) is 12.3. The largest absolute Gasteiger partial charge is 0.382 e. The summed E-state index contributed by atoms with van der Waals surface area (Å²) in [5.41, 5.74) is 0.700. The van der Waals surface area contributed by atoms with Crippen LogP contribution in [0.3, 0.4) is 0 Å². The van der Waals surface area contributed by atoms with Crippen molar-refractivity contribution in [3.8, 4) is 0 Å². The van der Waals surface area contributed by atoms with Crippen LogP contribution in [0.2, 0.25) is 0 Å². The zero-order valence-corrected chi connectivity index (χ0v) is 13.1. The van der Waals surface area contributed by atoms with Crippen molar-refractivity contribution >= 4 is 15.7 Å². The van der Waals surface area contributed by atoms with Gasteiger partial charge in [-0.2, -0.15) is 0 Å². The standard InChI is InChI=1S/C12H18N2O6S/c1-8-7-9(2)12(10(3)11(8)14(15)16)21(17,18)13-20-6-5-19-4/h7,13H,5-6H2,1-4H3. The minimum absolute atomic E-state index is 0.0295. The van der Waals surface area contributed by atoms with Gasteiger partial charge in [-0.25, -0.2) is 8.42 Å². The van der Waals surface area contributed by atoms with Crippen LogP contribution >= 0.6 is 0 Å². The third-order valence-corrected chi connectivity index (χ3v) is 4.37. The zero-order chi connectivity index (χ0) is 16.2. The molecule has 1 rings (SSSR count). The summed E-state index contributed by atoms with van der Waals surface area (Å²) >= 11 is 0. The Morgan fingerprint density at radius 1 is 1.24 bits per heavy atom.